The second kappa shape index (κ2) is 8.93. The fourth-order valence-corrected chi connectivity index (χ4v) is 1.25. The molecule has 0 aliphatic carbocycles. The highest BCUT2D eigenvalue weighted by molar-refractivity contribution is 5.97. The van der Waals surface area contributed by atoms with Crippen molar-refractivity contribution >= 4 is 11.9 Å². The van der Waals surface area contributed by atoms with Gasteiger partial charge in [0.05, 0.1) is 5.56 Å². The van der Waals surface area contributed by atoms with Crippen LogP contribution in [0.2, 0.25) is 0 Å². The monoisotopic (exact) mass is 309 g/mol. The van der Waals surface area contributed by atoms with Gasteiger partial charge in [-0.1, -0.05) is 19.1 Å². The summed E-state index contributed by atoms with van der Waals surface area (Å²) in [4.78, 5) is 40.2. The van der Waals surface area contributed by atoms with Gasteiger partial charge >= 0.3 is 11.9 Å². The van der Waals surface area contributed by atoms with E-state index in [0.29, 0.717) is 0 Å². The summed E-state index contributed by atoms with van der Waals surface area (Å²) in [6.07, 6.45) is 0.163. The Morgan fingerprint density at radius 3 is 2.77 bits per heavy atom. The van der Waals surface area contributed by atoms with Crippen LogP contribution in [-0.4, -0.2) is 30.1 Å². The van der Waals surface area contributed by atoms with E-state index in [1.54, 1.807) is 19.1 Å². The van der Waals surface area contributed by atoms with E-state index in [2.05, 4.69) is 20.0 Å². The van der Waals surface area contributed by atoms with Crippen LogP contribution in [-0.2, 0) is 9.63 Å². The molecule has 0 bridgehead atoms. The predicted molar refractivity (Wildman–Crippen MR) is 71.5 cm³/mol. The third kappa shape index (κ3) is 5.88. The molecule has 1 amide bonds. The van der Waals surface area contributed by atoms with Gasteiger partial charge < -0.3 is 9.57 Å². The van der Waals surface area contributed by atoms with Gasteiger partial charge in [0.25, 0.3) is 5.09 Å². The van der Waals surface area contributed by atoms with Crippen molar-refractivity contribution in [2.75, 3.05) is 13.2 Å². The van der Waals surface area contributed by atoms with Crippen LogP contribution in [0.1, 0.15) is 23.7 Å². The number of esters is 1. The average Bonchev–Trinajstić information content (AvgIpc) is 2.50. The number of carbonyl (C=O) groups is 2. The summed E-state index contributed by atoms with van der Waals surface area (Å²) in [5, 5.41) is 15.6. The Morgan fingerprint density at radius 1 is 1.36 bits per heavy atom. The Bertz CT molecular complexity index is 624. The zero-order chi connectivity index (χ0) is 16.4. The summed E-state index contributed by atoms with van der Waals surface area (Å²) in [5.74, 6) is -1.16. The van der Waals surface area contributed by atoms with Crippen LogP contribution in [0.15, 0.2) is 34.5 Å². The zero-order valence-electron chi connectivity index (χ0n) is 11.7. The molecule has 1 aromatic carbocycles. The molecule has 0 spiro atoms. The average molecular weight is 309 g/mol. The molecule has 0 aromatic heterocycles. The molecule has 0 radical (unpaired) electrons. The van der Waals surface area contributed by atoms with Crippen LogP contribution in [0.5, 0.6) is 5.75 Å². The minimum atomic E-state index is -0.962. The molecule has 10 heteroatoms. The highest BCUT2D eigenvalue weighted by Crippen LogP contribution is 2.19. The number of nitrogens with zero attached hydrogens (tertiary/aromatic N) is 4. The molecule has 1 rings (SSSR count). The molecule has 0 fully saturated rings. The van der Waals surface area contributed by atoms with Crippen molar-refractivity contribution in [2.45, 2.75) is 13.3 Å². The van der Waals surface area contributed by atoms with Gasteiger partial charge in [-0.25, -0.2) is 0 Å². The van der Waals surface area contributed by atoms with E-state index in [4.69, 9.17) is 4.74 Å². The summed E-state index contributed by atoms with van der Waals surface area (Å²) < 4.78 is 5.00. The van der Waals surface area contributed by atoms with Crippen LogP contribution < -0.4 is 9.65 Å². The molecule has 0 N–H and O–H groups in total. The Hall–Kier alpha value is -3.13. The Labute approximate surface area is 124 Å². The van der Waals surface area contributed by atoms with E-state index in [1.165, 1.54) is 12.1 Å². The summed E-state index contributed by atoms with van der Waals surface area (Å²) >= 11 is 0. The van der Waals surface area contributed by atoms with Gasteiger partial charge in [-0.3, -0.25) is 9.59 Å². The molecule has 116 valence electrons. The highest BCUT2D eigenvalue weighted by atomic mass is 16.9. The van der Waals surface area contributed by atoms with Gasteiger partial charge in [0.1, 0.15) is 24.0 Å². The minimum Gasteiger partial charge on any atom is -0.426 e. The van der Waals surface area contributed by atoms with Crippen LogP contribution >= 0.6 is 0 Å². The van der Waals surface area contributed by atoms with E-state index >= 15 is 0 Å². The third-order valence-electron chi connectivity index (χ3n) is 2.22. The first-order valence-electron chi connectivity index (χ1n) is 6.23. The second-order valence-electron chi connectivity index (χ2n) is 3.74. The molecular formula is C12H13N4O6+. The van der Waals surface area contributed by atoms with Crippen LogP contribution in [0.25, 0.3) is 0 Å². The molecule has 0 heterocycles. The van der Waals surface area contributed by atoms with Gasteiger partial charge in [-0.2, -0.15) is 0 Å². The number of benzene rings is 1. The maximum absolute atomic E-state index is 11.8. The van der Waals surface area contributed by atoms with E-state index in [0.717, 1.165) is 0 Å². The van der Waals surface area contributed by atoms with Crippen LogP contribution in [0, 0.1) is 10.1 Å². The Morgan fingerprint density at radius 2 is 2.09 bits per heavy atom. The van der Waals surface area contributed by atoms with Gasteiger partial charge in [-0.15, -0.1) is 10.1 Å². The number of ether oxygens (including phenoxy) is 1. The lowest BCUT2D eigenvalue weighted by atomic mass is 10.2. The van der Waals surface area contributed by atoms with Crippen molar-refractivity contribution in [3.8, 4) is 5.75 Å². The number of amides is 1. The van der Waals surface area contributed by atoms with E-state index in [9.17, 15) is 19.7 Å². The molecule has 0 unspecified atom stereocenters. The molecule has 0 aliphatic heterocycles. The van der Waals surface area contributed by atoms with Crippen molar-refractivity contribution in [3.63, 3.8) is 0 Å². The molecule has 10 nitrogen and oxygen atoms in total. The van der Waals surface area contributed by atoms with Gasteiger partial charge in [-0.05, 0) is 12.1 Å². The lowest BCUT2D eigenvalue weighted by Gasteiger charge is -2.04. The molecular weight excluding hydrogens is 296 g/mol. The van der Waals surface area contributed by atoms with Crippen molar-refractivity contribution in [3.05, 3.63) is 39.9 Å². The summed E-state index contributed by atoms with van der Waals surface area (Å²) in [6.45, 7) is 1.22. The number of hydrogen-bond acceptors (Lipinski definition) is 7. The quantitative estimate of drug-likeness (QED) is 0.142. The fraction of sp³-hybridized carbons (Fsp3) is 0.333. The highest BCUT2D eigenvalue weighted by Gasteiger charge is 2.17. The topological polar surface area (TPSA) is 135 Å². The first-order valence-corrected chi connectivity index (χ1v) is 6.23. The van der Waals surface area contributed by atoms with E-state index in [-0.39, 0.29) is 30.9 Å². The van der Waals surface area contributed by atoms with Crippen molar-refractivity contribution in [2.24, 2.45) is 10.2 Å². The van der Waals surface area contributed by atoms with E-state index < -0.39 is 17.0 Å². The van der Waals surface area contributed by atoms with Crippen molar-refractivity contribution < 1.29 is 24.3 Å². The van der Waals surface area contributed by atoms with Crippen molar-refractivity contribution in [1.82, 2.24) is 4.91 Å². The van der Waals surface area contributed by atoms with Crippen LogP contribution in [0.4, 0.5) is 0 Å². The normalized spacial score (nSPS) is 9.32. The standard InChI is InChI=1S/C12H13N4O6/c1-2-11(17)22-10-6-4-3-5-9(10)12(18)14-15-13-7-8-21-16(19)20/h3-6H,2,7-8H2,1H3/q+1. The van der Waals surface area contributed by atoms with Gasteiger partial charge in [0.15, 0.2) is 0 Å². The SMILES string of the molecule is CCC(=O)Oc1ccccc1C(=O)N=[N+]=NCCO[N+](=O)[O-]. The van der Waals surface area contributed by atoms with Gasteiger partial charge in [0.2, 0.25) is 10.0 Å². The lowest BCUT2D eigenvalue weighted by Crippen LogP contribution is -2.09. The molecule has 1 aromatic rings. The number of hydrogen-bond donors (Lipinski definition) is 0. The third-order valence-corrected chi connectivity index (χ3v) is 2.22. The summed E-state index contributed by atoms with van der Waals surface area (Å²) in [7, 11) is 0. The predicted octanol–water partition coefficient (Wildman–Crippen LogP) is 1.32. The fourth-order valence-electron chi connectivity index (χ4n) is 1.25. The van der Waals surface area contributed by atoms with Crippen molar-refractivity contribution in [1.29, 1.82) is 0 Å². The van der Waals surface area contributed by atoms with E-state index in [1.807, 2.05) is 0 Å². The van der Waals surface area contributed by atoms with Gasteiger partial charge in [0, 0.05) is 6.42 Å². The molecule has 0 atom stereocenters. The summed E-state index contributed by atoms with van der Waals surface area (Å²) in [5.41, 5.74) is 0.0600. The Kier molecular flexibility index (Phi) is 6.87. The number of rotatable bonds is 7. The minimum absolute atomic E-state index is 0.0600. The second-order valence-corrected chi connectivity index (χ2v) is 3.74. The Balaban J connectivity index is 2.71. The molecule has 0 aliphatic rings. The molecule has 0 saturated carbocycles. The molecule has 0 saturated heterocycles. The number of carbonyl (C=O) groups excluding carboxylic acids is 2. The first kappa shape index (κ1) is 16.9. The maximum atomic E-state index is 11.8. The lowest BCUT2D eigenvalue weighted by molar-refractivity contribution is -0.757. The molecule has 22 heavy (non-hydrogen) atoms. The summed E-state index contributed by atoms with van der Waals surface area (Å²) in [6, 6.07) is 6.06. The first-order chi connectivity index (χ1) is 10.5. The largest absolute Gasteiger partial charge is 0.426 e. The van der Waals surface area contributed by atoms with Crippen LogP contribution in [0.3, 0.4) is 0 Å². The zero-order valence-corrected chi connectivity index (χ0v) is 11.7. The maximum Gasteiger partial charge on any atom is 0.364 e. The smallest absolute Gasteiger partial charge is 0.364 e. The number of para-hydroxylation sites is 1.